The first-order valence-electron chi connectivity index (χ1n) is 8.93. The van der Waals surface area contributed by atoms with E-state index in [4.69, 9.17) is 4.74 Å². The van der Waals surface area contributed by atoms with Crippen molar-refractivity contribution in [2.45, 2.75) is 31.8 Å². The zero-order valence-electron chi connectivity index (χ0n) is 14.9. The number of piperidine rings is 1. The molecule has 26 heavy (non-hydrogen) atoms. The van der Waals surface area contributed by atoms with E-state index in [9.17, 15) is 4.79 Å². The normalized spacial score (nSPS) is 17.4. The summed E-state index contributed by atoms with van der Waals surface area (Å²) in [4.78, 5) is 17.9. The maximum Gasteiger partial charge on any atom is 0.227 e. The summed E-state index contributed by atoms with van der Waals surface area (Å²) in [5.74, 6) is 1.01. The number of rotatable bonds is 3. The van der Waals surface area contributed by atoms with Crippen LogP contribution in [0.1, 0.15) is 24.8 Å². The molecule has 0 atom stereocenters. The number of amides is 1. The smallest absolute Gasteiger partial charge is 0.227 e. The maximum atomic E-state index is 11.8. The summed E-state index contributed by atoms with van der Waals surface area (Å²) in [6, 6.07) is 8.32. The van der Waals surface area contributed by atoms with Gasteiger partial charge in [0.15, 0.2) is 0 Å². The summed E-state index contributed by atoms with van der Waals surface area (Å²) in [7, 11) is 1.84. The Morgan fingerprint density at radius 1 is 1.12 bits per heavy atom. The van der Waals surface area contributed by atoms with Crippen LogP contribution < -0.4 is 15.0 Å². The van der Waals surface area contributed by atoms with Crippen LogP contribution in [0.5, 0.6) is 5.75 Å². The van der Waals surface area contributed by atoms with Crippen LogP contribution in [-0.2, 0) is 11.2 Å². The van der Waals surface area contributed by atoms with E-state index in [0.717, 1.165) is 54.9 Å². The first kappa shape index (κ1) is 18.7. The molecule has 0 bridgehead atoms. The molecule has 0 aliphatic carbocycles. The second kappa shape index (κ2) is 8.06. The number of carbonyl (C=O) groups is 1. The van der Waals surface area contributed by atoms with Gasteiger partial charge in [-0.2, -0.15) is 0 Å². The Hall–Kier alpha value is -2.11. The van der Waals surface area contributed by atoms with Crippen molar-refractivity contribution in [3.63, 3.8) is 0 Å². The van der Waals surface area contributed by atoms with Crippen LogP contribution in [0.15, 0.2) is 36.7 Å². The van der Waals surface area contributed by atoms with Crippen molar-refractivity contribution in [3.8, 4) is 16.9 Å². The number of hydrogen-bond donors (Lipinski definition) is 1. The van der Waals surface area contributed by atoms with E-state index in [1.807, 2.05) is 19.3 Å². The molecule has 1 N–H and O–H groups in total. The fourth-order valence-corrected chi connectivity index (χ4v) is 3.58. The second-order valence-electron chi connectivity index (χ2n) is 6.77. The number of anilines is 1. The van der Waals surface area contributed by atoms with Crippen molar-refractivity contribution >= 4 is 24.0 Å². The van der Waals surface area contributed by atoms with Crippen molar-refractivity contribution in [1.29, 1.82) is 0 Å². The highest BCUT2D eigenvalue weighted by molar-refractivity contribution is 5.96. The van der Waals surface area contributed by atoms with Crippen molar-refractivity contribution in [2.75, 3.05) is 25.0 Å². The van der Waals surface area contributed by atoms with E-state index in [2.05, 4.69) is 28.5 Å². The molecule has 1 amide bonds. The van der Waals surface area contributed by atoms with Gasteiger partial charge >= 0.3 is 0 Å². The molecule has 2 aliphatic heterocycles. The average Bonchev–Trinajstić information content (AvgIpc) is 2.66. The van der Waals surface area contributed by atoms with Gasteiger partial charge in [0.2, 0.25) is 5.91 Å². The Morgan fingerprint density at radius 3 is 2.73 bits per heavy atom. The standard InChI is InChI=1S/C20H23N3O2.ClH/c1-23-19-4-2-14(10-15(19)3-5-20(23)24)16-11-18(13-22-12-16)25-17-6-8-21-9-7-17;/h2,4,10-13,17,21H,3,5-9H2,1H3;1H. The molecule has 4 rings (SSSR count). The summed E-state index contributed by atoms with van der Waals surface area (Å²) in [6.07, 6.45) is 7.36. The van der Waals surface area contributed by atoms with Gasteiger partial charge < -0.3 is 15.0 Å². The molecule has 3 heterocycles. The van der Waals surface area contributed by atoms with Gasteiger partial charge in [-0.25, -0.2) is 0 Å². The molecule has 1 fully saturated rings. The van der Waals surface area contributed by atoms with E-state index >= 15 is 0 Å². The molecule has 2 aliphatic rings. The summed E-state index contributed by atoms with van der Waals surface area (Å²) >= 11 is 0. The van der Waals surface area contributed by atoms with Crippen LogP contribution in [0.2, 0.25) is 0 Å². The molecule has 1 aromatic heterocycles. The quantitative estimate of drug-likeness (QED) is 0.897. The molecule has 6 heteroatoms. The third-order valence-corrected chi connectivity index (χ3v) is 5.06. The van der Waals surface area contributed by atoms with Crippen LogP contribution in [0.4, 0.5) is 5.69 Å². The van der Waals surface area contributed by atoms with E-state index in [-0.39, 0.29) is 24.4 Å². The van der Waals surface area contributed by atoms with Crippen molar-refractivity contribution in [1.82, 2.24) is 10.3 Å². The number of ether oxygens (including phenoxy) is 1. The molecule has 0 unspecified atom stereocenters. The molecular formula is C20H24ClN3O2. The summed E-state index contributed by atoms with van der Waals surface area (Å²) in [6.45, 7) is 2.02. The molecule has 0 spiro atoms. The lowest BCUT2D eigenvalue weighted by molar-refractivity contribution is -0.118. The molecule has 0 radical (unpaired) electrons. The van der Waals surface area contributed by atoms with Crippen LogP contribution in [0, 0.1) is 0 Å². The molecule has 5 nitrogen and oxygen atoms in total. The van der Waals surface area contributed by atoms with Crippen molar-refractivity contribution < 1.29 is 9.53 Å². The third kappa shape index (κ3) is 3.84. The number of hydrogen-bond acceptors (Lipinski definition) is 4. The molecule has 0 saturated carbocycles. The third-order valence-electron chi connectivity index (χ3n) is 5.06. The summed E-state index contributed by atoms with van der Waals surface area (Å²) in [5, 5.41) is 3.35. The largest absolute Gasteiger partial charge is 0.489 e. The lowest BCUT2D eigenvalue weighted by atomic mass is 9.97. The molecule has 1 saturated heterocycles. The lowest BCUT2D eigenvalue weighted by Gasteiger charge is -2.26. The predicted molar refractivity (Wildman–Crippen MR) is 105 cm³/mol. The maximum absolute atomic E-state index is 11.8. The second-order valence-corrected chi connectivity index (χ2v) is 6.77. The highest BCUT2D eigenvalue weighted by Gasteiger charge is 2.21. The van der Waals surface area contributed by atoms with Gasteiger partial charge in [0, 0.05) is 30.9 Å². The number of aromatic nitrogens is 1. The average molecular weight is 374 g/mol. The first-order chi connectivity index (χ1) is 12.2. The van der Waals surface area contributed by atoms with E-state index in [0.29, 0.717) is 6.42 Å². The van der Waals surface area contributed by atoms with E-state index in [1.54, 1.807) is 11.1 Å². The van der Waals surface area contributed by atoms with Gasteiger partial charge in [-0.05, 0) is 61.7 Å². The predicted octanol–water partition coefficient (Wildman–Crippen LogP) is 3.21. The minimum Gasteiger partial charge on any atom is -0.489 e. The Bertz CT molecular complexity index is 790. The Balaban J connectivity index is 0.00000196. The molecule has 138 valence electrons. The van der Waals surface area contributed by atoms with E-state index < -0.39 is 0 Å². The number of aryl methyl sites for hydroxylation is 1. The van der Waals surface area contributed by atoms with Gasteiger partial charge in [-0.15, -0.1) is 12.4 Å². The zero-order chi connectivity index (χ0) is 17.2. The van der Waals surface area contributed by atoms with Crippen LogP contribution in [0.3, 0.4) is 0 Å². The van der Waals surface area contributed by atoms with Crippen molar-refractivity contribution in [3.05, 3.63) is 42.2 Å². The summed E-state index contributed by atoms with van der Waals surface area (Å²) < 4.78 is 6.11. The number of fused-ring (bicyclic) bond motifs is 1. The number of halogens is 1. The van der Waals surface area contributed by atoms with Gasteiger partial charge in [-0.1, -0.05) is 6.07 Å². The zero-order valence-corrected chi connectivity index (χ0v) is 15.7. The summed E-state index contributed by atoms with van der Waals surface area (Å²) in [5.41, 5.74) is 4.39. The van der Waals surface area contributed by atoms with Crippen LogP contribution >= 0.6 is 12.4 Å². The van der Waals surface area contributed by atoms with Gasteiger partial charge in [-0.3, -0.25) is 9.78 Å². The minimum absolute atomic E-state index is 0. The molecule has 1 aromatic carbocycles. The number of benzene rings is 1. The molecule has 2 aromatic rings. The minimum atomic E-state index is 0. The fourth-order valence-electron chi connectivity index (χ4n) is 3.58. The Labute approximate surface area is 160 Å². The number of nitrogens with one attached hydrogen (secondary N) is 1. The lowest BCUT2D eigenvalue weighted by Crippen LogP contribution is -2.34. The van der Waals surface area contributed by atoms with Crippen LogP contribution in [0.25, 0.3) is 11.1 Å². The SMILES string of the molecule is CN1C(=O)CCc2cc(-c3cncc(OC4CCNCC4)c3)ccc21.Cl. The highest BCUT2D eigenvalue weighted by atomic mass is 35.5. The van der Waals surface area contributed by atoms with Gasteiger partial charge in [0.25, 0.3) is 0 Å². The van der Waals surface area contributed by atoms with Gasteiger partial charge in [0.05, 0.1) is 6.20 Å². The Morgan fingerprint density at radius 2 is 1.92 bits per heavy atom. The topological polar surface area (TPSA) is 54.5 Å². The molecular weight excluding hydrogens is 350 g/mol. The fraction of sp³-hybridized carbons (Fsp3) is 0.400. The highest BCUT2D eigenvalue weighted by Crippen LogP contribution is 2.32. The monoisotopic (exact) mass is 373 g/mol. The van der Waals surface area contributed by atoms with E-state index in [1.165, 1.54) is 5.56 Å². The van der Waals surface area contributed by atoms with Gasteiger partial charge in [0.1, 0.15) is 11.9 Å². The number of pyridine rings is 1. The van der Waals surface area contributed by atoms with Crippen molar-refractivity contribution in [2.24, 2.45) is 0 Å². The Kier molecular flexibility index (Phi) is 5.79. The van der Waals surface area contributed by atoms with Crippen LogP contribution in [-0.4, -0.2) is 37.1 Å². The first-order valence-corrected chi connectivity index (χ1v) is 8.93. The number of nitrogens with zero attached hydrogens (tertiary/aromatic N) is 2. The number of carbonyl (C=O) groups excluding carboxylic acids is 1.